The van der Waals surface area contributed by atoms with Gasteiger partial charge in [-0.15, -0.1) is 0 Å². The lowest BCUT2D eigenvalue weighted by Crippen LogP contribution is -1.85. The molecular weight excluding hydrogens is 203 g/mol. The van der Waals surface area contributed by atoms with Crippen LogP contribution < -0.4 is 0 Å². The number of hydrogen-bond donors (Lipinski definition) is 0. The lowest BCUT2D eigenvalue weighted by Gasteiger charge is -2.01. The first kappa shape index (κ1) is 12.3. The highest BCUT2D eigenvalue weighted by Crippen LogP contribution is 2.18. The summed E-state index contributed by atoms with van der Waals surface area (Å²) in [7, 11) is 0. The highest BCUT2D eigenvalue weighted by atomic mass is 19.1. The molecule has 2 aromatic heterocycles. The highest BCUT2D eigenvalue weighted by Gasteiger charge is 1.99. The Kier molecular flexibility index (Phi) is 4.58. The van der Waals surface area contributed by atoms with Crippen molar-refractivity contribution in [3.63, 3.8) is 0 Å². The summed E-state index contributed by atoms with van der Waals surface area (Å²) in [6.07, 6.45) is 3.17. The van der Waals surface area contributed by atoms with Crippen molar-refractivity contribution in [2.24, 2.45) is 0 Å². The minimum Gasteiger partial charge on any atom is -0.262 e. The summed E-state index contributed by atoms with van der Waals surface area (Å²) >= 11 is 0. The molecule has 0 saturated heterocycles. The molecule has 0 atom stereocenters. The molecule has 2 heterocycles. The average Bonchev–Trinajstić information content (AvgIpc) is 2.32. The zero-order valence-electron chi connectivity index (χ0n) is 9.74. The molecule has 0 bridgehead atoms. The maximum Gasteiger partial charge on any atom is 0.213 e. The van der Waals surface area contributed by atoms with Crippen LogP contribution in [0.1, 0.15) is 19.5 Å². The number of rotatable bonds is 1. The number of pyridine rings is 2. The molecule has 0 radical (unpaired) electrons. The van der Waals surface area contributed by atoms with Crippen molar-refractivity contribution >= 4 is 0 Å². The standard InChI is InChI=1S/C11H9FN2.C2H6/c1-8-6-9(2-4-13-8)10-3-5-14-11(12)7-10;1-2/h2-7H,1H3;1-2H3. The molecule has 0 saturated carbocycles. The van der Waals surface area contributed by atoms with Gasteiger partial charge in [-0.25, -0.2) is 4.98 Å². The van der Waals surface area contributed by atoms with E-state index in [1.807, 2.05) is 32.9 Å². The molecule has 84 valence electrons. The van der Waals surface area contributed by atoms with Crippen molar-refractivity contribution in [3.05, 3.63) is 48.3 Å². The van der Waals surface area contributed by atoms with Crippen LogP contribution in [-0.2, 0) is 0 Å². The van der Waals surface area contributed by atoms with Gasteiger partial charge in [0.25, 0.3) is 0 Å². The molecule has 0 fully saturated rings. The summed E-state index contributed by atoms with van der Waals surface area (Å²) in [5.41, 5.74) is 2.70. The highest BCUT2D eigenvalue weighted by molar-refractivity contribution is 5.62. The Balaban J connectivity index is 0.000000606. The van der Waals surface area contributed by atoms with Gasteiger partial charge in [0.15, 0.2) is 0 Å². The van der Waals surface area contributed by atoms with Gasteiger partial charge in [0, 0.05) is 24.2 Å². The van der Waals surface area contributed by atoms with Crippen LogP contribution in [0.3, 0.4) is 0 Å². The van der Waals surface area contributed by atoms with Crippen molar-refractivity contribution < 1.29 is 4.39 Å². The zero-order valence-corrected chi connectivity index (χ0v) is 9.74. The Morgan fingerprint density at radius 1 is 0.938 bits per heavy atom. The second-order valence-electron chi connectivity index (χ2n) is 3.05. The van der Waals surface area contributed by atoms with Crippen LogP contribution in [0.2, 0.25) is 0 Å². The van der Waals surface area contributed by atoms with E-state index in [9.17, 15) is 4.39 Å². The predicted octanol–water partition coefficient (Wildman–Crippen LogP) is 3.62. The van der Waals surface area contributed by atoms with E-state index >= 15 is 0 Å². The summed E-state index contributed by atoms with van der Waals surface area (Å²) < 4.78 is 12.8. The van der Waals surface area contributed by atoms with Gasteiger partial charge < -0.3 is 0 Å². The number of halogens is 1. The Hall–Kier alpha value is -1.77. The lowest BCUT2D eigenvalue weighted by atomic mass is 10.1. The van der Waals surface area contributed by atoms with Gasteiger partial charge in [0.2, 0.25) is 5.95 Å². The molecular formula is C13H15FN2. The van der Waals surface area contributed by atoms with Crippen LogP contribution in [-0.4, -0.2) is 9.97 Å². The monoisotopic (exact) mass is 218 g/mol. The molecule has 2 aromatic rings. The van der Waals surface area contributed by atoms with E-state index in [4.69, 9.17) is 0 Å². The number of aromatic nitrogens is 2. The van der Waals surface area contributed by atoms with Crippen molar-refractivity contribution in [3.8, 4) is 11.1 Å². The Bertz CT molecular complexity index is 412. The van der Waals surface area contributed by atoms with E-state index in [1.165, 1.54) is 12.3 Å². The number of aryl methyl sites for hydroxylation is 1. The van der Waals surface area contributed by atoms with Crippen LogP contribution in [0, 0.1) is 12.9 Å². The van der Waals surface area contributed by atoms with Gasteiger partial charge in [0.05, 0.1) is 0 Å². The number of nitrogens with zero attached hydrogens (tertiary/aromatic N) is 2. The van der Waals surface area contributed by atoms with Crippen LogP contribution in [0.4, 0.5) is 4.39 Å². The first-order chi connectivity index (χ1) is 7.75. The smallest absolute Gasteiger partial charge is 0.213 e. The fourth-order valence-corrected chi connectivity index (χ4v) is 1.31. The van der Waals surface area contributed by atoms with Gasteiger partial charge >= 0.3 is 0 Å². The molecule has 0 aliphatic carbocycles. The van der Waals surface area contributed by atoms with E-state index < -0.39 is 5.95 Å². The quantitative estimate of drug-likeness (QED) is 0.683. The third-order valence-electron chi connectivity index (χ3n) is 1.96. The van der Waals surface area contributed by atoms with E-state index in [0.717, 1.165) is 16.8 Å². The summed E-state index contributed by atoms with van der Waals surface area (Å²) in [4.78, 5) is 7.58. The predicted molar refractivity (Wildman–Crippen MR) is 63.5 cm³/mol. The molecule has 0 aromatic carbocycles. The third kappa shape index (κ3) is 3.12. The maximum atomic E-state index is 12.8. The van der Waals surface area contributed by atoms with Crippen molar-refractivity contribution in [1.29, 1.82) is 0 Å². The van der Waals surface area contributed by atoms with Crippen LogP contribution in [0.15, 0.2) is 36.7 Å². The molecule has 0 amide bonds. The Labute approximate surface area is 95.2 Å². The maximum absolute atomic E-state index is 12.8. The van der Waals surface area contributed by atoms with E-state index in [-0.39, 0.29) is 0 Å². The molecule has 0 unspecified atom stereocenters. The fraction of sp³-hybridized carbons (Fsp3) is 0.231. The molecule has 2 nitrogen and oxygen atoms in total. The topological polar surface area (TPSA) is 25.8 Å². The summed E-state index contributed by atoms with van der Waals surface area (Å²) in [6, 6.07) is 6.95. The van der Waals surface area contributed by atoms with Crippen LogP contribution in [0.25, 0.3) is 11.1 Å². The van der Waals surface area contributed by atoms with Crippen LogP contribution in [0.5, 0.6) is 0 Å². The summed E-state index contributed by atoms with van der Waals surface area (Å²) in [5.74, 6) is -0.461. The molecule has 0 aliphatic heterocycles. The summed E-state index contributed by atoms with van der Waals surface area (Å²) in [6.45, 7) is 5.90. The lowest BCUT2D eigenvalue weighted by molar-refractivity contribution is 0.584. The van der Waals surface area contributed by atoms with E-state index in [2.05, 4.69) is 9.97 Å². The third-order valence-corrected chi connectivity index (χ3v) is 1.96. The Morgan fingerprint density at radius 2 is 1.50 bits per heavy atom. The minimum atomic E-state index is -0.461. The van der Waals surface area contributed by atoms with E-state index in [1.54, 1.807) is 12.3 Å². The first-order valence-corrected chi connectivity index (χ1v) is 5.30. The van der Waals surface area contributed by atoms with Crippen molar-refractivity contribution in [2.75, 3.05) is 0 Å². The number of hydrogen-bond acceptors (Lipinski definition) is 2. The average molecular weight is 218 g/mol. The van der Waals surface area contributed by atoms with Gasteiger partial charge in [0.1, 0.15) is 0 Å². The van der Waals surface area contributed by atoms with Gasteiger partial charge in [-0.05, 0) is 36.2 Å². The normalized spacial score (nSPS) is 9.25. The molecule has 0 aliphatic rings. The molecule has 3 heteroatoms. The van der Waals surface area contributed by atoms with Crippen molar-refractivity contribution in [2.45, 2.75) is 20.8 Å². The SMILES string of the molecule is CC.Cc1cc(-c2ccnc(F)c2)ccn1. The molecule has 0 spiro atoms. The minimum absolute atomic E-state index is 0.461. The second kappa shape index (κ2) is 5.95. The fourth-order valence-electron chi connectivity index (χ4n) is 1.31. The van der Waals surface area contributed by atoms with Crippen molar-refractivity contribution in [1.82, 2.24) is 9.97 Å². The molecule has 0 N–H and O–H groups in total. The largest absolute Gasteiger partial charge is 0.262 e. The van der Waals surface area contributed by atoms with Gasteiger partial charge in [-0.3, -0.25) is 4.98 Å². The molecule has 2 rings (SSSR count). The first-order valence-electron chi connectivity index (χ1n) is 5.30. The van der Waals surface area contributed by atoms with Gasteiger partial charge in [-0.2, -0.15) is 4.39 Å². The van der Waals surface area contributed by atoms with Gasteiger partial charge in [-0.1, -0.05) is 13.8 Å². The van der Waals surface area contributed by atoms with Crippen LogP contribution >= 0.6 is 0 Å². The second-order valence-corrected chi connectivity index (χ2v) is 3.05. The van der Waals surface area contributed by atoms with E-state index in [0.29, 0.717) is 0 Å². The Morgan fingerprint density at radius 3 is 2.06 bits per heavy atom. The summed E-state index contributed by atoms with van der Waals surface area (Å²) in [5, 5.41) is 0. The zero-order chi connectivity index (χ0) is 12.0. The molecule has 16 heavy (non-hydrogen) atoms.